The van der Waals surface area contributed by atoms with Gasteiger partial charge in [-0.3, -0.25) is 14.2 Å². The summed E-state index contributed by atoms with van der Waals surface area (Å²) in [5.41, 5.74) is 1.78. The van der Waals surface area contributed by atoms with Crippen LogP contribution in [0.2, 0.25) is 0 Å². The number of hydrogen-bond donors (Lipinski definition) is 2. The van der Waals surface area contributed by atoms with E-state index in [2.05, 4.69) is 21.3 Å². The molecule has 0 unspecified atom stereocenters. The molecule has 0 saturated carbocycles. The van der Waals surface area contributed by atoms with E-state index >= 15 is 0 Å². The molecule has 1 fully saturated rings. The maximum absolute atomic E-state index is 12.8. The number of hydrogen-bond acceptors (Lipinski definition) is 5. The Kier molecular flexibility index (Phi) is 6.42. The minimum atomic E-state index is -4.62. The molecule has 7 nitrogen and oxygen atoms in total. The molecule has 1 amide bonds. The smallest absolute Gasteiger partial charge is 0.361 e. The fourth-order valence-electron chi connectivity index (χ4n) is 3.27. The molecule has 0 aromatic heterocycles. The van der Waals surface area contributed by atoms with Crippen LogP contribution in [0.4, 0.5) is 5.69 Å². The van der Waals surface area contributed by atoms with E-state index in [1.54, 1.807) is 13.0 Å². The van der Waals surface area contributed by atoms with E-state index in [0.717, 1.165) is 44.3 Å². The molecule has 0 bridgehead atoms. The number of anilines is 1. The molecule has 1 heterocycles. The largest absolute Gasteiger partial charge is 0.446 e. The zero-order chi connectivity index (χ0) is 18.6. The van der Waals surface area contributed by atoms with Crippen LogP contribution in [0.3, 0.4) is 0 Å². The lowest BCUT2D eigenvalue weighted by Gasteiger charge is -2.34. The van der Waals surface area contributed by atoms with Gasteiger partial charge in [-0.05, 0) is 57.8 Å². The average molecular weight is 370 g/mol. The van der Waals surface area contributed by atoms with E-state index in [9.17, 15) is 13.2 Å². The normalized spacial score (nSPS) is 18.8. The van der Waals surface area contributed by atoms with E-state index in [-0.39, 0.29) is 17.7 Å². The van der Waals surface area contributed by atoms with Gasteiger partial charge in [0.15, 0.2) is 0 Å². The topological polar surface area (TPSA) is 95.9 Å². The van der Waals surface area contributed by atoms with Crippen molar-refractivity contribution in [3.05, 3.63) is 23.3 Å². The Morgan fingerprint density at radius 3 is 2.72 bits per heavy atom. The second kappa shape index (κ2) is 8.16. The number of rotatable bonds is 6. The molecule has 2 N–H and O–H groups in total. The fourth-order valence-corrected chi connectivity index (χ4v) is 3.68. The molecule has 8 heteroatoms. The van der Waals surface area contributed by atoms with Crippen molar-refractivity contribution in [3.8, 4) is 5.75 Å². The number of piperidine rings is 1. The van der Waals surface area contributed by atoms with E-state index < -0.39 is 10.4 Å². The molecular formula is C17H26N2O5S. The van der Waals surface area contributed by atoms with Crippen molar-refractivity contribution in [2.24, 2.45) is 0 Å². The maximum Gasteiger partial charge on any atom is 0.446 e. The second-order valence-electron chi connectivity index (χ2n) is 6.43. The summed E-state index contributed by atoms with van der Waals surface area (Å²) in [7, 11) is -4.62. The molecule has 1 aliphatic heterocycles. The van der Waals surface area contributed by atoms with Crippen molar-refractivity contribution >= 4 is 22.0 Å². The summed E-state index contributed by atoms with van der Waals surface area (Å²) in [5, 5.41) is 2.93. The predicted molar refractivity (Wildman–Crippen MR) is 96.2 cm³/mol. The molecule has 1 atom stereocenters. The minimum Gasteiger partial charge on any atom is -0.361 e. The number of amides is 1. The molecule has 0 radical (unpaired) electrons. The lowest BCUT2D eigenvalue weighted by atomic mass is 10.0. The Morgan fingerprint density at radius 2 is 2.08 bits per heavy atom. The zero-order valence-corrected chi connectivity index (χ0v) is 15.7. The highest BCUT2D eigenvalue weighted by Crippen LogP contribution is 2.30. The summed E-state index contributed by atoms with van der Waals surface area (Å²) in [6.07, 6.45) is 3.91. The highest BCUT2D eigenvalue weighted by molar-refractivity contribution is 7.81. The first kappa shape index (κ1) is 19.7. The molecule has 140 valence electrons. The highest BCUT2D eigenvalue weighted by Gasteiger charge is 2.29. The van der Waals surface area contributed by atoms with Crippen LogP contribution in [0.25, 0.3) is 0 Å². The van der Waals surface area contributed by atoms with Crippen LogP contribution in [-0.4, -0.2) is 42.9 Å². The number of carbonyl (C=O) groups is 1. The van der Waals surface area contributed by atoms with E-state index in [0.29, 0.717) is 11.3 Å². The lowest BCUT2D eigenvalue weighted by Crippen LogP contribution is -2.47. The first-order chi connectivity index (χ1) is 11.7. The summed E-state index contributed by atoms with van der Waals surface area (Å²) in [4.78, 5) is 15.0. The van der Waals surface area contributed by atoms with E-state index in [1.807, 2.05) is 6.92 Å². The summed E-state index contributed by atoms with van der Waals surface area (Å²) in [5.74, 6) is -0.0965. The van der Waals surface area contributed by atoms with Gasteiger partial charge >= 0.3 is 10.4 Å². The standard InChI is InChI=1S/C17H26N2O5S/c1-4-10-19-11-6-5-7-14(19)17(20)18-16-12(2)8-9-15(13(16)3)24-25(21,22)23/h8-9,14H,4-7,10-11H2,1-3H3,(H,18,20)(H,21,22,23)/t14-/m0/s1. The Morgan fingerprint density at radius 1 is 1.36 bits per heavy atom. The molecule has 0 aliphatic carbocycles. The number of likely N-dealkylation sites (tertiary alicyclic amines) is 1. The van der Waals surface area contributed by atoms with Crippen LogP contribution in [0.15, 0.2) is 12.1 Å². The average Bonchev–Trinajstić information content (AvgIpc) is 2.54. The van der Waals surface area contributed by atoms with Crippen LogP contribution in [-0.2, 0) is 15.2 Å². The number of nitrogens with zero attached hydrogens (tertiary/aromatic N) is 1. The van der Waals surface area contributed by atoms with Crippen molar-refractivity contribution in [2.45, 2.75) is 52.5 Å². The quantitative estimate of drug-likeness (QED) is 0.748. The fraction of sp³-hybridized carbons (Fsp3) is 0.588. The molecule has 1 saturated heterocycles. The monoisotopic (exact) mass is 370 g/mol. The van der Waals surface area contributed by atoms with Gasteiger partial charge in [0.1, 0.15) is 5.75 Å². The van der Waals surface area contributed by atoms with Crippen LogP contribution in [0.5, 0.6) is 5.75 Å². The van der Waals surface area contributed by atoms with E-state index in [1.165, 1.54) is 6.07 Å². The van der Waals surface area contributed by atoms with Gasteiger partial charge in [-0.25, -0.2) is 0 Å². The van der Waals surface area contributed by atoms with Gasteiger partial charge in [-0.2, -0.15) is 8.42 Å². The third-order valence-electron chi connectivity index (χ3n) is 4.49. The predicted octanol–water partition coefficient (Wildman–Crippen LogP) is 2.69. The summed E-state index contributed by atoms with van der Waals surface area (Å²) < 4.78 is 35.4. The van der Waals surface area contributed by atoms with Crippen molar-refractivity contribution in [3.63, 3.8) is 0 Å². The third kappa shape index (κ3) is 5.17. The van der Waals surface area contributed by atoms with Gasteiger partial charge in [0.2, 0.25) is 5.91 Å². The molecule has 2 rings (SSSR count). The third-order valence-corrected chi connectivity index (χ3v) is 4.88. The van der Waals surface area contributed by atoms with Crippen LogP contribution in [0.1, 0.15) is 43.7 Å². The van der Waals surface area contributed by atoms with Gasteiger partial charge < -0.3 is 9.50 Å². The van der Waals surface area contributed by atoms with Crippen LogP contribution in [0, 0.1) is 13.8 Å². The Balaban J connectivity index is 2.23. The van der Waals surface area contributed by atoms with Gasteiger partial charge in [-0.15, -0.1) is 0 Å². The molecule has 1 aliphatic rings. The zero-order valence-electron chi connectivity index (χ0n) is 14.9. The highest BCUT2D eigenvalue weighted by atomic mass is 32.3. The Bertz CT molecular complexity index is 731. The first-order valence-corrected chi connectivity index (χ1v) is 9.91. The van der Waals surface area contributed by atoms with E-state index in [4.69, 9.17) is 4.55 Å². The van der Waals surface area contributed by atoms with Crippen LogP contribution >= 0.6 is 0 Å². The molecule has 1 aromatic carbocycles. The summed E-state index contributed by atoms with van der Waals surface area (Å²) >= 11 is 0. The first-order valence-electron chi connectivity index (χ1n) is 8.55. The number of nitrogens with one attached hydrogen (secondary N) is 1. The Labute approximate surface area is 149 Å². The molecule has 0 spiro atoms. The van der Waals surface area contributed by atoms with Crippen LogP contribution < -0.4 is 9.50 Å². The SMILES string of the molecule is CCCN1CCCC[C@H]1C(=O)Nc1c(C)ccc(OS(=O)(=O)O)c1C. The molecular weight excluding hydrogens is 344 g/mol. The maximum atomic E-state index is 12.8. The van der Waals surface area contributed by atoms with Gasteiger partial charge in [-0.1, -0.05) is 19.4 Å². The number of carbonyl (C=O) groups excluding carboxylic acids is 1. The van der Waals surface area contributed by atoms with Gasteiger partial charge in [0.05, 0.1) is 11.7 Å². The van der Waals surface area contributed by atoms with Crippen molar-refractivity contribution < 1.29 is 21.9 Å². The van der Waals surface area contributed by atoms with Crippen molar-refractivity contribution in [1.29, 1.82) is 0 Å². The molecule has 1 aromatic rings. The van der Waals surface area contributed by atoms with Crippen molar-refractivity contribution in [1.82, 2.24) is 4.90 Å². The number of benzene rings is 1. The molecule has 25 heavy (non-hydrogen) atoms. The van der Waals surface area contributed by atoms with Gasteiger partial charge in [0.25, 0.3) is 0 Å². The minimum absolute atomic E-state index is 0.00235. The Hall–Kier alpha value is -1.64. The number of aryl methyl sites for hydroxylation is 1. The van der Waals surface area contributed by atoms with Crippen molar-refractivity contribution in [2.75, 3.05) is 18.4 Å². The van der Waals surface area contributed by atoms with Gasteiger partial charge in [0, 0.05) is 5.56 Å². The lowest BCUT2D eigenvalue weighted by molar-refractivity contribution is -0.122. The summed E-state index contributed by atoms with van der Waals surface area (Å²) in [6, 6.07) is 2.92. The summed E-state index contributed by atoms with van der Waals surface area (Å²) in [6.45, 7) is 7.35. The second-order valence-corrected chi connectivity index (χ2v) is 7.45.